The number of hydrogen-bond acceptors (Lipinski definition) is 2. The van der Waals surface area contributed by atoms with Gasteiger partial charge in [0.05, 0.1) is 0 Å². The van der Waals surface area contributed by atoms with Gasteiger partial charge in [-0.15, -0.1) is 12.3 Å². The fourth-order valence-electron chi connectivity index (χ4n) is 1.51. The largest absolute Gasteiger partial charge is 0.314 e. The molecule has 1 N–H and O–H groups in total. The maximum Gasteiger partial charge on any atom is 0.0345 e. The predicted molar refractivity (Wildman–Crippen MR) is 52.0 cm³/mol. The van der Waals surface area contributed by atoms with Crippen molar-refractivity contribution in [2.45, 2.75) is 25.8 Å². The van der Waals surface area contributed by atoms with E-state index in [2.05, 4.69) is 23.1 Å². The zero-order valence-electron chi connectivity index (χ0n) is 7.84. The summed E-state index contributed by atoms with van der Waals surface area (Å²) < 4.78 is 0. The van der Waals surface area contributed by atoms with E-state index in [0.717, 1.165) is 45.1 Å². The minimum Gasteiger partial charge on any atom is -0.314 e. The Bertz CT molecular complexity index is 156. The molecular formula is C10H18N2. The quantitative estimate of drug-likeness (QED) is 0.477. The van der Waals surface area contributed by atoms with Gasteiger partial charge in [0.15, 0.2) is 0 Å². The molecule has 0 radical (unpaired) electrons. The maximum absolute atomic E-state index is 5.20. The lowest BCUT2D eigenvalue weighted by Gasteiger charge is -2.37. The van der Waals surface area contributed by atoms with Gasteiger partial charge in [-0.2, -0.15) is 0 Å². The van der Waals surface area contributed by atoms with Crippen LogP contribution in [0, 0.1) is 12.3 Å². The van der Waals surface area contributed by atoms with Crippen molar-refractivity contribution in [2.75, 3.05) is 26.2 Å². The van der Waals surface area contributed by atoms with Crippen LogP contribution in [0.4, 0.5) is 0 Å². The monoisotopic (exact) mass is 166 g/mol. The summed E-state index contributed by atoms with van der Waals surface area (Å²) in [5.74, 6) is 2.68. The normalized spacial score (nSPS) is 17.4. The molecule has 1 rings (SSSR count). The van der Waals surface area contributed by atoms with E-state index in [1.165, 1.54) is 0 Å². The fraction of sp³-hybridized carbons (Fsp3) is 0.800. The van der Waals surface area contributed by atoms with Crippen LogP contribution in [0.15, 0.2) is 0 Å². The second-order valence-electron chi connectivity index (χ2n) is 3.25. The third-order valence-corrected chi connectivity index (χ3v) is 2.45. The van der Waals surface area contributed by atoms with E-state index in [0.29, 0.717) is 0 Å². The summed E-state index contributed by atoms with van der Waals surface area (Å²) in [5.41, 5.74) is 0. The number of nitrogens with one attached hydrogen (secondary N) is 1. The third kappa shape index (κ3) is 2.51. The van der Waals surface area contributed by atoms with E-state index in [9.17, 15) is 0 Å². The number of likely N-dealkylation sites (N-methyl/N-ethyl adjacent to an activating group) is 1. The van der Waals surface area contributed by atoms with Gasteiger partial charge in [0.1, 0.15) is 0 Å². The lowest BCUT2D eigenvalue weighted by molar-refractivity contribution is 0.152. The molecule has 1 heterocycles. The Labute approximate surface area is 75.3 Å². The first kappa shape index (κ1) is 9.57. The van der Waals surface area contributed by atoms with Crippen LogP contribution in [0.25, 0.3) is 0 Å². The Morgan fingerprint density at radius 2 is 2.33 bits per heavy atom. The molecule has 2 heteroatoms. The van der Waals surface area contributed by atoms with Crippen LogP contribution >= 0.6 is 0 Å². The highest BCUT2D eigenvalue weighted by Crippen LogP contribution is 2.05. The second kappa shape index (κ2) is 5.18. The van der Waals surface area contributed by atoms with Crippen LogP contribution in [0.3, 0.4) is 0 Å². The molecule has 0 spiro atoms. The summed E-state index contributed by atoms with van der Waals surface area (Å²) in [5, 5.41) is 3.28. The van der Waals surface area contributed by atoms with Crippen molar-refractivity contribution in [3.63, 3.8) is 0 Å². The maximum atomic E-state index is 5.20. The molecule has 0 amide bonds. The van der Waals surface area contributed by atoms with Crippen LogP contribution in [0.5, 0.6) is 0 Å². The van der Waals surface area contributed by atoms with Gasteiger partial charge in [0, 0.05) is 25.6 Å². The number of unbranched alkanes of at least 4 members (excludes halogenated alkanes) is 1. The molecular weight excluding hydrogens is 148 g/mol. The smallest absolute Gasteiger partial charge is 0.0345 e. The first-order chi connectivity index (χ1) is 5.88. The zero-order valence-corrected chi connectivity index (χ0v) is 7.84. The van der Waals surface area contributed by atoms with E-state index in [1.54, 1.807) is 0 Å². The molecule has 12 heavy (non-hydrogen) atoms. The number of rotatable bonds is 5. The molecule has 0 aromatic heterocycles. The lowest BCUT2D eigenvalue weighted by Crippen LogP contribution is -2.57. The van der Waals surface area contributed by atoms with Crippen molar-refractivity contribution in [2.24, 2.45) is 0 Å². The van der Waals surface area contributed by atoms with Crippen molar-refractivity contribution < 1.29 is 0 Å². The molecule has 0 atom stereocenters. The molecule has 0 aliphatic carbocycles. The zero-order chi connectivity index (χ0) is 8.81. The van der Waals surface area contributed by atoms with Gasteiger partial charge in [0.2, 0.25) is 0 Å². The molecule has 0 aromatic carbocycles. The Hall–Kier alpha value is -0.520. The highest BCUT2D eigenvalue weighted by molar-refractivity contribution is 4.86. The molecule has 0 saturated carbocycles. The highest BCUT2D eigenvalue weighted by atomic mass is 15.2. The summed E-state index contributed by atoms with van der Waals surface area (Å²) in [6, 6.07) is 0.771. The van der Waals surface area contributed by atoms with E-state index in [4.69, 9.17) is 6.42 Å². The van der Waals surface area contributed by atoms with Gasteiger partial charge in [-0.3, -0.25) is 4.90 Å². The molecule has 68 valence electrons. The summed E-state index contributed by atoms with van der Waals surface area (Å²) in [6.45, 7) is 6.84. The number of nitrogens with zero attached hydrogens (tertiary/aromatic N) is 1. The summed E-state index contributed by atoms with van der Waals surface area (Å²) in [6.07, 6.45) is 7.25. The van der Waals surface area contributed by atoms with Gasteiger partial charge < -0.3 is 5.32 Å². The fourth-order valence-corrected chi connectivity index (χ4v) is 1.51. The Morgan fingerprint density at radius 1 is 1.58 bits per heavy atom. The minimum absolute atomic E-state index is 0.771. The predicted octanol–water partition coefficient (Wildman–Crippen LogP) is 0.694. The molecule has 1 fully saturated rings. The molecule has 2 nitrogen and oxygen atoms in total. The topological polar surface area (TPSA) is 15.3 Å². The average Bonchev–Trinajstić information content (AvgIpc) is 1.99. The third-order valence-electron chi connectivity index (χ3n) is 2.45. The molecule has 1 aliphatic heterocycles. The van der Waals surface area contributed by atoms with Crippen molar-refractivity contribution in [1.82, 2.24) is 10.2 Å². The average molecular weight is 166 g/mol. The molecule has 1 saturated heterocycles. The molecule has 0 unspecified atom stereocenters. The van der Waals surface area contributed by atoms with Crippen LogP contribution < -0.4 is 5.32 Å². The SMILES string of the molecule is C#CCCCN(CC)C1CNC1. The van der Waals surface area contributed by atoms with Crippen LogP contribution in [-0.4, -0.2) is 37.1 Å². The van der Waals surface area contributed by atoms with Gasteiger partial charge in [-0.1, -0.05) is 6.92 Å². The van der Waals surface area contributed by atoms with Crippen molar-refractivity contribution in [3.8, 4) is 12.3 Å². The van der Waals surface area contributed by atoms with Crippen molar-refractivity contribution in [1.29, 1.82) is 0 Å². The van der Waals surface area contributed by atoms with Crippen molar-refractivity contribution >= 4 is 0 Å². The molecule has 1 aliphatic rings. The van der Waals surface area contributed by atoms with Gasteiger partial charge >= 0.3 is 0 Å². The van der Waals surface area contributed by atoms with Gasteiger partial charge in [-0.25, -0.2) is 0 Å². The first-order valence-electron chi connectivity index (χ1n) is 4.76. The summed E-state index contributed by atoms with van der Waals surface area (Å²) in [4.78, 5) is 2.51. The Morgan fingerprint density at radius 3 is 2.75 bits per heavy atom. The van der Waals surface area contributed by atoms with Crippen molar-refractivity contribution in [3.05, 3.63) is 0 Å². The van der Waals surface area contributed by atoms with E-state index in [1.807, 2.05) is 0 Å². The summed E-state index contributed by atoms with van der Waals surface area (Å²) in [7, 11) is 0. The van der Waals surface area contributed by atoms with E-state index < -0.39 is 0 Å². The van der Waals surface area contributed by atoms with Crippen LogP contribution in [0.1, 0.15) is 19.8 Å². The van der Waals surface area contributed by atoms with E-state index in [-0.39, 0.29) is 0 Å². The number of hydrogen-bond donors (Lipinski definition) is 1. The second-order valence-corrected chi connectivity index (χ2v) is 3.25. The molecule has 0 bridgehead atoms. The standard InChI is InChI=1S/C10H18N2/c1-3-5-6-7-12(4-2)10-8-11-9-10/h1,10-11H,4-9H2,2H3. The Kier molecular flexibility index (Phi) is 4.13. The summed E-state index contributed by atoms with van der Waals surface area (Å²) >= 11 is 0. The van der Waals surface area contributed by atoms with E-state index >= 15 is 0 Å². The van der Waals surface area contributed by atoms with Gasteiger partial charge in [-0.05, 0) is 19.5 Å². The van der Waals surface area contributed by atoms with Gasteiger partial charge in [0.25, 0.3) is 0 Å². The number of terminal acetylenes is 1. The van der Waals surface area contributed by atoms with Crippen LogP contribution in [0.2, 0.25) is 0 Å². The first-order valence-corrected chi connectivity index (χ1v) is 4.76. The lowest BCUT2D eigenvalue weighted by atomic mass is 10.1. The highest BCUT2D eigenvalue weighted by Gasteiger charge is 2.22. The Balaban J connectivity index is 2.12. The van der Waals surface area contributed by atoms with Crippen LogP contribution in [-0.2, 0) is 0 Å². The molecule has 0 aromatic rings. The minimum atomic E-state index is 0.771.